The first-order chi connectivity index (χ1) is 20.8. The summed E-state index contributed by atoms with van der Waals surface area (Å²) in [6, 6.07) is 13.6. The van der Waals surface area contributed by atoms with Crippen LogP contribution in [0.1, 0.15) is 30.5 Å². The zero-order valence-electron chi connectivity index (χ0n) is 25.0. The monoisotopic (exact) mass is 591 g/mol. The first-order valence-electron chi connectivity index (χ1n) is 13.8. The average Bonchev–Trinajstić information content (AvgIpc) is 3.25. The molecule has 0 aliphatic heterocycles. The Kier molecular flexibility index (Phi) is 10.3. The van der Waals surface area contributed by atoms with Gasteiger partial charge in [-0.25, -0.2) is 0 Å². The number of para-hydroxylation sites is 2. The lowest BCUT2D eigenvalue weighted by Gasteiger charge is -2.19. The topological polar surface area (TPSA) is 133 Å². The molecule has 0 aromatic heterocycles. The predicted octanol–water partition coefficient (Wildman–Crippen LogP) is 3.48. The minimum atomic E-state index is -0.430. The summed E-state index contributed by atoms with van der Waals surface area (Å²) >= 11 is 0. The lowest BCUT2D eigenvalue weighted by molar-refractivity contribution is -0.120. The molecular formula is C32H37N3O8. The number of nitrogens with one attached hydrogen (secondary N) is 3. The fourth-order valence-electron chi connectivity index (χ4n) is 5.18. The summed E-state index contributed by atoms with van der Waals surface area (Å²) in [4.78, 5) is 38.1. The molecule has 228 valence electrons. The van der Waals surface area contributed by atoms with Gasteiger partial charge in [0.2, 0.25) is 23.0 Å². The molecule has 3 N–H and O–H groups in total. The number of benzene rings is 2. The molecule has 0 saturated carbocycles. The van der Waals surface area contributed by atoms with E-state index in [9.17, 15) is 14.4 Å². The Morgan fingerprint density at radius 3 is 2.28 bits per heavy atom. The van der Waals surface area contributed by atoms with E-state index in [-0.39, 0.29) is 42.6 Å². The molecule has 0 fully saturated rings. The van der Waals surface area contributed by atoms with E-state index in [1.165, 1.54) is 20.1 Å². The zero-order chi connectivity index (χ0) is 30.9. The molecule has 43 heavy (non-hydrogen) atoms. The zero-order valence-corrected chi connectivity index (χ0v) is 25.0. The van der Waals surface area contributed by atoms with Crippen LogP contribution < -0.4 is 45.1 Å². The molecule has 1 atom stereocenters. The number of fused-ring (bicyclic) bond motifs is 3. The molecule has 1 aliphatic carbocycles. The Balaban J connectivity index is 1.58. The van der Waals surface area contributed by atoms with E-state index in [1.807, 2.05) is 18.2 Å². The second-order valence-electron chi connectivity index (χ2n) is 9.80. The average molecular weight is 592 g/mol. The minimum absolute atomic E-state index is 0.126. The van der Waals surface area contributed by atoms with Crippen molar-refractivity contribution in [1.82, 2.24) is 10.6 Å². The summed E-state index contributed by atoms with van der Waals surface area (Å²) in [6.45, 7) is 1.82. The third kappa shape index (κ3) is 7.11. The largest absolute Gasteiger partial charge is 0.493 e. The van der Waals surface area contributed by atoms with Crippen LogP contribution in [-0.2, 0) is 16.0 Å². The van der Waals surface area contributed by atoms with Crippen LogP contribution >= 0.6 is 0 Å². The van der Waals surface area contributed by atoms with Crippen LogP contribution in [0.2, 0.25) is 0 Å². The number of carbonyl (C=O) groups excluding carboxylic acids is 2. The number of rotatable bonds is 12. The van der Waals surface area contributed by atoms with Gasteiger partial charge in [-0.1, -0.05) is 18.2 Å². The van der Waals surface area contributed by atoms with Crippen LogP contribution in [-0.4, -0.2) is 59.9 Å². The summed E-state index contributed by atoms with van der Waals surface area (Å²) < 4.78 is 27.9. The highest BCUT2D eigenvalue weighted by Gasteiger charge is 2.29. The molecule has 11 nitrogen and oxygen atoms in total. The maximum absolute atomic E-state index is 13.4. The molecule has 1 unspecified atom stereocenters. The number of ether oxygens (including phenoxy) is 5. The summed E-state index contributed by atoms with van der Waals surface area (Å²) in [5.74, 6) is 2.06. The van der Waals surface area contributed by atoms with Gasteiger partial charge in [-0.2, -0.15) is 0 Å². The number of hydrogen-bond acceptors (Lipinski definition) is 9. The second kappa shape index (κ2) is 14.3. The van der Waals surface area contributed by atoms with Crippen LogP contribution in [0.5, 0.6) is 28.7 Å². The quantitative estimate of drug-likeness (QED) is 0.271. The van der Waals surface area contributed by atoms with Crippen molar-refractivity contribution >= 4 is 17.5 Å². The molecule has 2 amide bonds. The fourth-order valence-corrected chi connectivity index (χ4v) is 5.18. The van der Waals surface area contributed by atoms with Gasteiger partial charge in [-0.3, -0.25) is 14.4 Å². The summed E-state index contributed by atoms with van der Waals surface area (Å²) in [6.07, 6.45) is 1.14. The number of methoxy groups -OCH3 is 4. The molecule has 3 aromatic rings. The molecule has 0 heterocycles. The van der Waals surface area contributed by atoms with E-state index < -0.39 is 6.04 Å². The standard InChI is InChI=1S/C32H37N3O8/c1-19(36)35-23-12-10-20-16-28(40-3)31(41-4)32(42-5)30(20)21-11-13-24(25(37)17-22(21)23)34-18-29(38)33-14-15-43-27-9-7-6-8-26(27)39-2/h6-9,11,13,16-17,23H,10,12,14-15,18H2,1-5H3,(H,33,38)(H,34,37)(H,35,36). The van der Waals surface area contributed by atoms with Crippen LogP contribution in [0.4, 0.5) is 5.69 Å². The van der Waals surface area contributed by atoms with E-state index in [4.69, 9.17) is 23.7 Å². The van der Waals surface area contributed by atoms with Crippen molar-refractivity contribution in [2.24, 2.45) is 0 Å². The van der Waals surface area contributed by atoms with Crippen molar-refractivity contribution in [2.45, 2.75) is 25.8 Å². The smallest absolute Gasteiger partial charge is 0.239 e. The van der Waals surface area contributed by atoms with E-state index in [0.29, 0.717) is 52.7 Å². The molecular weight excluding hydrogens is 554 g/mol. The highest BCUT2D eigenvalue weighted by atomic mass is 16.5. The van der Waals surface area contributed by atoms with E-state index >= 15 is 0 Å². The highest BCUT2D eigenvalue weighted by Crippen LogP contribution is 2.50. The van der Waals surface area contributed by atoms with Crippen LogP contribution in [0.25, 0.3) is 11.1 Å². The Morgan fingerprint density at radius 2 is 1.60 bits per heavy atom. The first kappa shape index (κ1) is 31.0. The van der Waals surface area contributed by atoms with Gasteiger partial charge in [0.25, 0.3) is 0 Å². The SMILES string of the molecule is COc1ccccc1OCCNC(=O)CNc1ccc2c(cc1=O)C(NC(C)=O)CCc1cc(OC)c(OC)c(OC)c1-2. The number of amides is 2. The minimum Gasteiger partial charge on any atom is -0.493 e. The van der Waals surface area contributed by atoms with E-state index in [1.54, 1.807) is 45.6 Å². The van der Waals surface area contributed by atoms with Gasteiger partial charge in [0.05, 0.1) is 53.3 Å². The van der Waals surface area contributed by atoms with Crippen LogP contribution in [0.3, 0.4) is 0 Å². The molecule has 0 bridgehead atoms. The number of hydrogen-bond donors (Lipinski definition) is 3. The normalized spacial score (nSPS) is 13.4. The second-order valence-corrected chi connectivity index (χ2v) is 9.80. The van der Waals surface area contributed by atoms with Crippen molar-refractivity contribution in [2.75, 3.05) is 53.5 Å². The number of carbonyl (C=O) groups is 2. The van der Waals surface area contributed by atoms with Gasteiger partial charge in [0.15, 0.2) is 23.0 Å². The molecule has 0 saturated heterocycles. The molecule has 0 radical (unpaired) electrons. The maximum Gasteiger partial charge on any atom is 0.239 e. The Labute approximate surface area is 250 Å². The Bertz CT molecular complexity index is 1540. The van der Waals surface area contributed by atoms with Gasteiger partial charge in [-0.05, 0) is 59.9 Å². The van der Waals surface area contributed by atoms with Crippen LogP contribution in [0.15, 0.2) is 53.3 Å². The van der Waals surface area contributed by atoms with Gasteiger partial charge < -0.3 is 39.6 Å². The summed E-state index contributed by atoms with van der Waals surface area (Å²) in [5, 5.41) is 8.70. The predicted molar refractivity (Wildman–Crippen MR) is 163 cm³/mol. The van der Waals surface area contributed by atoms with Gasteiger partial charge in [-0.15, -0.1) is 0 Å². The van der Waals surface area contributed by atoms with Crippen molar-refractivity contribution < 1.29 is 33.3 Å². The highest BCUT2D eigenvalue weighted by molar-refractivity contribution is 5.84. The van der Waals surface area contributed by atoms with Crippen LogP contribution in [0, 0.1) is 0 Å². The third-order valence-electron chi connectivity index (χ3n) is 7.11. The van der Waals surface area contributed by atoms with Crippen molar-refractivity contribution in [1.29, 1.82) is 0 Å². The molecule has 3 aromatic carbocycles. The van der Waals surface area contributed by atoms with Crippen molar-refractivity contribution in [3.05, 3.63) is 69.9 Å². The summed E-state index contributed by atoms with van der Waals surface area (Å²) in [5.41, 5.74) is 2.91. The lowest BCUT2D eigenvalue weighted by Crippen LogP contribution is -2.33. The first-order valence-corrected chi connectivity index (χ1v) is 13.8. The lowest BCUT2D eigenvalue weighted by atomic mass is 9.95. The molecule has 1 aliphatic rings. The van der Waals surface area contributed by atoms with Gasteiger partial charge in [0.1, 0.15) is 6.61 Å². The van der Waals surface area contributed by atoms with Crippen molar-refractivity contribution in [3.63, 3.8) is 0 Å². The molecule has 0 spiro atoms. The van der Waals surface area contributed by atoms with Crippen molar-refractivity contribution in [3.8, 4) is 39.9 Å². The fraction of sp³-hybridized carbons (Fsp3) is 0.344. The Morgan fingerprint density at radius 1 is 0.884 bits per heavy atom. The van der Waals surface area contributed by atoms with E-state index in [2.05, 4.69) is 16.0 Å². The van der Waals surface area contributed by atoms with Gasteiger partial charge in [0, 0.05) is 12.5 Å². The number of aryl methyl sites for hydroxylation is 1. The Hall–Kier alpha value is -4.93. The molecule has 11 heteroatoms. The van der Waals surface area contributed by atoms with E-state index in [0.717, 1.165) is 11.1 Å². The van der Waals surface area contributed by atoms with Gasteiger partial charge >= 0.3 is 0 Å². The third-order valence-corrected chi connectivity index (χ3v) is 7.11. The number of anilines is 1. The molecule has 4 rings (SSSR count). The summed E-state index contributed by atoms with van der Waals surface area (Å²) in [7, 11) is 6.19. The maximum atomic E-state index is 13.4.